The molecule has 0 saturated carbocycles. The number of ether oxygens (including phenoxy) is 1. The topological polar surface area (TPSA) is 79.7 Å². The average molecular weight is 284 g/mol. The standard InChI is InChI=1S/C12H16N2O4S/c1-3-14(9-5-18-4-8(9)12(16)17)11(15)10-7(2)13-6-19-10/h6,8-9H,3-5H2,1-2H3,(H,16,17). The van der Waals surface area contributed by atoms with Gasteiger partial charge >= 0.3 is 5.97 Å². The Bertz CT molecular complexity index is 488. The molecule has 1 aromatic rings. The summed E-state index contributed by atoms with van der Waals surface area (Å²) < 4.78 is 5.22. The van der Waals surface area contributed by atoms with Crippen LogP contribution in [0, 0.1) is 12.8 Å². The van der Waals surface area contributed by atoms with Gasteiger partial charge in [-0.05, 0) is 13.8 Å². The molecule has 1 aliphatic rings. The van der Waals surface area contributed by atoms with E-state index in [-0.39, 0.29) is 19.1 Å². The van der Waals surface area contributed by atoms with Gasteiger partial charge in [0.05, 0.1) is 30.5 Å². The van der Waals surface area contributed by atoms with Crippen molar-refractivity contribution in [2.45, 2.75) is 19.9 Å². The van der Waals surface area contributed by atoms with Crippen LogP contribution >= 0.6 is 11.3 Å². The summed E-state index contributed by atoms with van der Waals surface area (Å²) in [5, 5.41) is 9.17. The second-order valence-electron chi connectivity index (χ2n) is 4.41. The van der Waals surface area contributed by atoms with E-state index in [1.54, 1.807) is 17.3 Å². The summed E-state index contributed by atoms with van der Waals surface area (Å²) in [5.41, 5.74) is 2.30. The Kier molecular flexibility index (Phi) is 4.16. The number of aromatic nitrogens is 1. The lowest BCUT2D eigenvalue weighted by molar-refractivity contribution is -0.142. The third kappa shape index (κ3) is 2.62. The molecule has 1 amide bonds. The zero-order valence-electron chi connectivity index (χ0n) is 10.8. The fourth-order valence-electron chi connectivity index (χ4n) is 2.25. The molecule has 1 fully saturated rings. The largest absolute Gasteiger partial charge is 0.481 e. The number of carbonyl (C=O) groups excluding carboxylic acids is 1. The van der Waals surface area contributed by atoms with Gasteiger partial charge < -0.3 is 14.7 Å². The van der Waals surface area contributed by atoms with Gasteiger partial charge in [-0.25, -0.2) is 4.98 Å². The Morgan fingerprint density at radius 2 is 2.32 bits per heavy atom. The van der Waals surface area contributed by atoms with Crippen LogP contribution in [0.3, 0.4) is 0 Å². The first-order valence-electron chi connectivity index (χ1n) is 6.07. The minimum atomic E-state index is -0.922. The molecule has 1 saturated heterocycles. The summed E-state index contributed by atoms with van der Waals surface area (Å²) in [4.78, 5) is 29.8. The first-order chi connectivity index (χ1) is 9.06. The molecule has 2 rings (SSSR count). The molecule has 1 aromatic heterocycles. The van der Waals surface area contributed by atoms with E-state index in [1.807, 2.05) is 6.92 Å². The zero-order valence-corrected chi connectivity index (χ0v) is 11.6. The van der Waals surface area contributed by atoms with Crippen molar-refractivity contribution in [2.75, 3.05) is 19.8 Å². The van der Waals surface area contributed by atoms with Gasteiger partial charge in [0.15, 0.2) is 0 Å². The van der Waals surface area contributed by atoms with E-state index in [2.05, 4.69) is 4.98 Å². The van der Waals surface area contributed by atoms with Crippen molar-refractivity contribution in [2.24, 2.45) is 5.92 Å². The molecule has 1 aliphatic heterocycles. The number of rotatable bonds is 4. The van der Waals surface area contributed by atoms with E-state index in [0.717, 1.165) is 0 Å². The number of hydrogen-bond donors (Lipinski definition) is 1. The molecule has 0 aliphatic carbocycles. The molecule has 7 heteroatoms. The number of carbonyl (C=O) groups is 2. The predicted molar refractivity (Wildman–Crippen MR) is 69.3 cm³/mol. The molecular weight excluding hydrogens is 268 g/mol. The Morgan fingerprint density at radius 3 is 2.84 bits per heavy atom. The number of aryl methyl sites for hydroxylation is 1. The van der Waals surface area contributed by atoms with Gasteiger partial charge in [0.25, 0.3) is 5.91 Å². The first kappa shape index (κ1) is 14.0. The Labute approximate surface area is 115 Å². The fourth-order valence-corrected chi connectivity index (χ4v) is 3.01. The van der Waals surface area contributed by atoms with Crippen LogP contribution in [0.1, 0.15) is 22.3 Å². The molecule has 2 unspecified atom stereocenters. The normalized spacial score (nSPS) is 22.4. The average Bonchev–Trinajstić information content (AvgIpc) is 2.98. The lowest BCUT2D eigenvalue weighted by Crippen LogP contribution is -2.46. The van der Waals surface area contributed by atoms with Crippen LogP contribution in [0.25, 0.3) is 0 Å². The maximum Gasteiger partial charge on any atom is 0.311 e. The van der Waals surface area contributed by atoms with Crippen LogP contribution in [-0.2, 0) is 9.53 Å². The molecule has 2 heterocycles. The molecule has 19 heavy (non-hydrogen) atoms. The molecule has 2 atom stereocenters. The third-order valence-electron chi connectivity index (χ3n) is 3.31. The molecule has 104 valence electrons. The predicted octanol–water partition coefficient (Wildman–Crippen LogP) is 1.01. The van der Waals surface area contributed by atoms with Gasteiger partial charge in [0, 0.05) is 6.54 Å². The van der Waals surface area contributed by atoms with E-state index in [4.69, 9.17) is 9.84 Å². The number of amides is 1. The number of carboxylic acids is 1. The second-order valence-corrected chi connectivity index (χ2v) is 5.26. The van der Waals surface area contributed by atoms with Gasteiger partial charge in [-0.15, -0.1) is 11.3 Å². The second kappa shape index (κ2) is 5.66. The Morgan fingerprint density at radius 1 is 1.58 bits per heavy atom. The van der Waals surface area contributed by atoms with Crippen molar-refractivity contribution < 1.29 is 19.4 Å². The van der Waals surface area contributed by atoms with Crippen LogP contribution in [0.15, 0.2) is 5.51 Å². The summed E-state index contributed by atoms with van der Waals surface area (Å²) in [6.45, 7) is 4.50. The maximum atomic E-state index is 12.5. The van der Waals surface area contributed by atoms with Crippen molar-refractivity contribution in [1.29, 1.82) is 0 Å². The first-order valence-corrected chi connectivity index (χ1v) is 6.95. The summed E-state index contributed by atoms with van der Waals surface area (Å²) >= 11 is 1.28. The summed E-state index contributed by atoms with van der Waals surface area (Å²) in [6, 6.07) is -0.406. The molecule has 0 bridgehead atoms. The van der Waals surface area contributed by atoms with E-state index in [0.29, 0.717) is 17.1 Å². The highest BCUT2D eigenvalue weighted by Gasteiger charge is 2.40. The molecule has 0 spiro atoms. The maximum absolute atomic E-state index is 12.5. The number of nitrogens with zero attached hydrogens (tertiary/aromatic N) is 2. The monoisotopic (exact) mass is 284 g/mol. The highest BCUT2D eigenvalue weighted by Crippen LogP contribution is 2.24. The number of thiazole rings is 1. The Hall–Kier alpha value is -1.47. The van der Waals surface area contributed by atoms with Crippen molar-refractivity contribution in [3.05, 3.63) is 16.1 Å². The van der Waals surface area contributed by atoms with Crippen LogP contribution in [0.5, 0.6) is 0 Å². The quantitative estimate of drug-likeness (QED) is 0.892. The minimum Gasteiger partial charge on any atom is -0.481 e. The van der Waals surface area contributed by atoms with Crippen molar-refractivity contribution in [1.82, 2.24) is 9.88 Å². The summed E-state index contributed by atoms with van der Waals surface area (Å²) in [6.07, 6.45) is 0. The van der Waals surface area contributed by atoms with Crippen molar-refractivity contribution in [3.63, 3.8) is 0 Å². The van der Waals surface area contributed by atoms with Crippen molar-refractivity contribution in [3.8, 4) is 0 Å². The number of carboxylic acid groups (broad SMARTS) is 1. The SMILES string of the molecule is CCN(C(=O)c1scnc1C)C1COCC1C(=O)O. The van der Waals surface area contributed by atoms with Gasteiger partial charge in [-0.1, -0.05) is 0 Å². The van der Waals surface area contributed by atoms with Gasteiger partial charge in [0.2, 0.25) is 0 Å². The lowest BCUT2D eigenvalue weighted by Gasteiger charge is -2.29. The van der Waals surface area contributed by atoms with E-state index < -0.39 is 17.9 Å². The third-order valence-corrected chi connectivity index (χ3v) is 4.23. The highest BCUT2D eigenvalue weighted by molar-refractivity contribution is 7.11. The number of hydrogen-bond acceptors (Lipinski definition) is 5. The van der Waals surface area contributed by atoms with E-state index in [9.17, 15) is 9.59 Å². The minimum absolute atomic E-state index is 0.158. The van der Waals surface area contributed by atoms with Crippen LogP contribution in [0.2, 0.25) is 0 Å². The summed E-state index contributed by atoms with van der Waals surface area (Å²) in [7, 11) is 0. The zero-order chi connectivity index (χ0) is 14.0. The van der Waals surface area contributed by atoms with Crippen LogP contribution in [0.4, 0.5) is 0 Å². The van der Waals surface area contributed by atoms with Gasteiger partial charge in [0.1, 0.15) is 10.8 Å². The fraction of sp³-hybridized carbons (Fsp3) is 0.583. The molecule has 6 nitrogen and oxygen atoms in total. The van der Waals surface area contributed by atoms with E-state index in [1.165, 1.54) is 11.3 Å². The lowest BCUT2D eigenvalue weighted by atomic mass is 10.0. The molecule has 0 aromatic carbocycles. The van der Waals surface area contributed by atoms with Gasteiger partial charge in [-0.2, -0.15) is 0 Å². The van der Waals surface area contributed by atoms with Crippen LogP contribution in [-0.4, -0.2) is 52.7 Å². The van der Waals surface area contributed by atoms with E-state index >= 15 is 0 Å². The Balaban J connectivity index is 2.23. The molecule has 0 radical (unpaired) electrons. The molecular formula is C12H16N2O4S. The van der Waals surface area contributed by atoms with Gasteiger partial charge in [-0.3, -0.25) is 9.59 Å². The smallest absolute Gasteiger partial charge is 0.311 e. The summed E-state index contributed by atoms with van der Waals surface area (Å²) in [5.74, 6) is -1.74. The number of aliphatic carboxylic acids is 1. The molecule has 1 N–H and O–H groups in total. The van der Waals surface area contributed by atoms with Crippen molar-refractivity contribution >= 4 is 23.2 Å². The van der Waals surface area contributed by atoms with Crippen LogP contribution < -0.4 is 0 Å². The highest BCUT2D eigenvalue weighted by atomic mass is 32.1. The number of likely N-dealkylation sites (N-methyl/N-ethyl adjacent to an activating group) is 1.